The summed E-state index contributed by atoms with van der Waals surface area (Å²) in [7, 11) is 0. The zero-order chi connectivity index (χ0) is 16.4. The van der Waals surface area contributed by atoms with Crippen LogP contribution in [0.3, 0.4) is 0 Å². The molecule has 118 valence electrons. The Morgan fingerprint density at radius 1 is 1.22 bits per heavy atom. The minimum absolute atomic E-state index is 0.0756. The summed E-state index contributed by atoms with van der Waals surface area (Å²) in [6, 6.07) is 12.0. The molecule has 0 aliphatic rings. The van der Waals surface area contributed by atoms with Crippen molar-refractivity contribution in [2.45, 2.75) is 13.5 Å². The van der Waals surface area contributed by atoms with Crippen LogP contribution < -0.4 is 10.5 Å². The largest absolute Gasteiger partial charge is 0.492 e. The summed E-state index contributed by atoms with van der Waals surface area (Å²) in [6.07, 6.45) is 0. The van der Waals surface area contributed by atoms with Gasteiger partial charge in [-0.2, -0.15) is 0 Å². The number of Topliss-reactive ketones (excluding diaryl/α,β-unsaturated/α-hetero) is 1. The Morgan fingerprint density at radius 3 is 2.65 bits per heavy atom. The number of halogens is 1. The van der Waals surface area contributed by atoms with E-state index >= 15 is 0 Å². The fourth-order valence-corrected chi connectivity index (χ4v) is 2.41. The van der Waals surface area contributed by atoms with Crippen LogP contribution in [-0.4, -0.2) is 17.0 Å². The first-order valence-corrected chi connectivity index (χ1v) is 7.45. The van der Waals surface area contributed by atoms with E-state index in [1.54, 1.807) is 42.5 Å². The Bertz CT molecular complexity index is 908. The molecule has 0 spiro atoms. The fourth-order valence-electron chi connectivity index (χ4n) is 2.28. The second-order valence-corrected chi connectivity index (χ2v) is 5.50. The van der Waals surface area contributed by atoms with Crippen molar-refractivity contribution in [2.75, 3.05) is 6.61 Å². The Balaban J connectivity index is 1.77. The Morgan fingerprint density at radius 2 is 1.96 bits per heavy atom. The standard InChI is InChI=1S/C17H14ClNO4/c1-11(20)12-2-7-15-16(10-12)23-17(21)19(15)8-9-22-14-5-3-13(18)4-6-14/h2-7,10H,8-9H2,1H3. The number of ether oxygens (including phenoxy) is 1. The smallest absolute Gasteiger partial charge is 0.420 e. The number of aromatic nitrogens is 1. The van der Waals surface area contributed by atoms with Gasteiger partial charge >= 0.3 is 5.76 Å². The third kappa shape index (κ3) is 3.29. The minimum atomic E-state index is -0.472. The van der Waals surface area contributed by atoms with Gasteiger partial charge in [0.05, 0.1) is 12.1 Å². The van der Waals surface area contributed by atoms with Gasteiger partial charge in [0.2, 0.25) is 0 Å². The number of nitrogens with zero attached hydrogens (tertiary/aromatic N) is 1. The number of hydrogen-bond acceptors (Lipinski definition) is 4. The van der Waals surface area contributed by atoms with Crippen molar-refractivity contribution in [1.29, 1.82) is 0 Å². The number of carbonyl (C=O) groups is 1. The van der Waals surface area contributed by atoms with E-state index in [4.69, 9.17) is 20.8 Å². The zero-order valence-electron chi connectivity index (χ0n) is 12.4. The topological polar surface area (TPSA) is 61.4 Å². The highest BCUT2D eigenvalue weighted by molar-refractivity contribution is 6.30. The Labute approximate surface area is 137 Å². The first kappa shape index (κ1) is 15.4. The normalized spacial score (nSPS) is 10.9. The van der Waals surface area contributed by atoms with Gasteiger partial charge < -0.3 is 9.15 Å². The molecule has 6 heteroatoms. The molecule has 0 fully saturated rings. The molecular weight excluding hydrogens is 318 g/mol. The minimum Gasteiger partial charge on any atom is -0.492 e. The summed E-state index contributed by atoms with van der Waals surface area (Å²) in [4.78, 5) is 23.3. The van der Waals surface area contributed by atoms with Crippen molar-refractivity contribution in [3.05, 3.63) is 63.6 Å². The maximum absolute atomic E-state index is 11.9. The first-order chi connectivity index (χ1) is 11.0. The van der Waals surface area contributed by atoms with Crippen molar-refractivity contribution < 1.29 is 13.9 Å². The SMILES string of the molecule is CC(=O)c1ccc2c(c1)oc(=O)n2CCOc1ccc(Cl)cc1. The summed E-state index contributed by atoms with van der Waals surface area (Å²) < 4.78 is 12.3. The van der Waals surface area contributed by atoms with E-state index in [9.17, 15) is 9.59 Å². The van der Waals surface area contributed by atoms with Gasteiger partial charge in [-0.25, -0.2) is 4.79 Å². The lowest BCUT2D eigenvalue weighted by molar-refractivity contribution is 0.101. The summed E-state index contributed by atoms with van der Waals surface area (Å²) in [6.45, 7) is 2.12. The molecule has 0 saturated carbocycles. The van der Waals surface area contributed by atoms with Gasteiger partial charge in [0.25, 0.3) is 0 Å². The monoisotopic (exact) mass is 331 g/mol. The van der Waals surface area contributed by atoms with Crippen LogP contribution in [0.4, 0.5) is 0 Å². The van der Waals surface area contributed by atoms with Gasteiger partial charge in [-0.05, 0) is 49.4 Å². The third-order valence-electron chi connectivity index (χ3n) is 3.47. The average molecular weight is 332 g/mol. The quantitative estimate of drug-likeness (QED) is 0.671. The first-order valence-electron chi connectivity index (χ1n) is 7.07. The van der Waals surface area contributed by atoms with Gasteiger partial charge in [-0.15, -0.1) is 0 Å². The Hall–Kier alpha value is -2.53. The number of hydrogen-bond donors (Lipinski definition) is 0. The summed E-state index contributed by atoms with van der Waals surface area (Å²) in [5.74, 6) is 0.128. The number of benzene rings is 2. The predicted molar refractivity (Wildman–Crippen MR) is 87.4 cm³/mol. The molecule has 3 aromatic rings. The molecule has 0 N–H and O–H groups in total. The van der Waals surface area contributed by atoms with E-state index in [0.29, 0.717) is 40.6 Å². The number of ketones is 1. The highest BCUT2D eigenvalue weighted by atomic mass is 35.5. The summed E-state index contributed by atoms with van der Waals surface area (Å²) in [5, 5.41) is 0.635. The van der Waals surface area contributed by atoms with Crippen LogP contribution in [0, 0.1) is 0 Å². The predicted octanol–water partition coefficient (Wildman–Crippen LogP) is 3.53. The Kier molecular flexibility index (Phi) is 4.21. The van der Waals surface area contributed by atoms with E-state index in [2.05, 4.69) is 0 Å². The molecule has 0 saturated heterocycles. The zero-order valence-corrected chi connectivity index (χ0v) is 13.2. The summed E-state index contributed by atoms with van der Waals surface area (Å²) >= 11 is 5.81. The molecule has 0 amide bonds. The molecule has 0 unspecified atom stereocenters. The molecule has 0 aliphatic heterocycles. The molecule has 0 radical (unpaired) electrons. The maximum atomic E-state index is 11.9. The highest BCUT2D eigenvalue weighted by Gasteiger charge is 2.11. The average Bonchev–Trinajstić information content (AvgIpc) is 2.84. The molecule has 1 aromatic heterocycles. The molecule has 0 bridgehead atoms. The van der Waals surface area contributed by atoms with Gasteiger partial charge in [-0.3, -0.25) is 9.36 Å². The molecule has 2 aromatic carbocycles. The number of fused-ring (bicyclic) bond motifs is 1. The van der Waals surface area contributed by atoms with E-state index in [1.165, 1.54) is 11.5 Å². The highest BCUT2D eigenvalue weighted by Crippen LogP contribution is 2.17. The molecular formula is C17H14ClNO4. The van der Waals surface area contributed by atoms with Crippen molar-refractivity contribution in [1.82, 2.24) is 4.57 Å². The summed E-state index contributed by atoms with van der Waals surface area (Å²) in [5.41, 5.74) is 1.55. The maximum Gasteiger partial charge on any atom is 0.420 e. The van der Waals surface area contributed by atoms with Crippen LogP contribution in [0.1, 0.15) is 17.3 Å². The van der Waals surface area contributed by atoms with E-state index < -0.39 is 5.76 Å². The molecule has 0 aliphatic carbocycles. The van der Waals surface area contributed by atoms with Crippen LogP contribution in [0.25, 0.3) is 11.1 Å². The lowest BCUT2D eigenvalue weighted by atomic mass is 10.1. The van der Waals surface area contributed by atoms with Gasteiger partial charge in [0.1, 0.15) is 12.4 Å². The molecule has 1 heterocycles. The van der Waals surface area contributed by atoms with E-state index in [1.807, 2.05) is 0 Å². The second kappa shape index (κ2) is 6.30. The van der Waals surface area contributed by atoms with Crippen LogP contribution in [0.5, 0.6) is 5.75 Å². The van der Waals surface area contributed by atoms with Crippen molar-refractivity contribution in [3.63, 3.8) is 0 Å². The fraction of sp³-hybridized carbons (Fsp3) is 0.176. The van der Waals surface area contributed by atoms with Crippen molar-refractivity contribution in [3.8, 4) is 5.75 Å². The molecule has 3 rings (SSSR count). The second-order valence-electron chi connectivity index (χ2n) is 5.06. The third-order valence-corrected chi connectivity index (χ3v) is 3.72. The van der Waals surface area contributed by atoms with Gasteiger partial charge in [0.15, 0.2) is 11.4 Å². The van der Waals surface area contributed by atoms with Crippen LogP contribution in [0.2, 0.25) is 5.02 Å². The van der Waals surface area contributed by atoms with Crippen molar-refractivity contribution in [2.24, 2.45) is 0 Å². The number of oxazole rings is 1. The lowest BCUT2D eigenvalue weighted by Gasteiger charge is -2.06. The number of rotatable bonds is 5. The van der Waals surface area contributed by atoms with E-state index in [0.717, 1.165) is 0 Å². The van der Waals surface area contributed by atoms with Crippen molar-refractivity contribution >= 4 is 28.5 Å². The van der Waals surface area contributed by atoms with Gasteiger partial charge in [-0.1, -0.05) is 11.6 Å². The number of carbonyl (C=O) groups excluding carboxylic acids is 1. The van der Waals surface area contributed by atoms with Crippen LogP contribution in [0.15, 0.2) is 51.7 Å². The van der Waals surface area contributed by atoms with E-state index in [-0.39, 0.29) is 5.78 Å². The molecule has 0 atom stereocenters. The van der Waals surface area contributed by atoms with Crippen LogP contribution in [-0.2, 0) is 6.54 Å². The molecule has 5 nitrogen and oxygen atoms in total. The molecule has 23 heavy (non-hydrogen) atoms. The van der Waals surface area contributed by atoms with Gasteiger partial charge in [0, 0.05) is 10.6 Å². The van der Waals surface area contributed by atoms with Crippen LogP contribution >= 0.6 is 11.6 Å². The lowest BCUT2D eigenvalue weighted by Crippen LogP contribution is -2.18.